The SMILES string of the molecule is CS(=O)(=O)NCc1cc(-c2ccsc2)cs1. The van der Waals surface area contributed by atoms with Crippen LogP contribution in [0.15, 0.2) is 28.3 Å². The molecule has 0 saturated heterocycles. The lowest BCUT2D eigenvalue weighted by molar-refractivity contribution is 0.588. The summed E-state index contributed by atoms with van der Waals surface area (Å²) in [5.41, 5.74) is 2.34. The molecule has 86 valence electrons. The van der Waals surface area contributed by atoms with E-state index in [0.29, 0.717) is 6.54 Å². The fourth-order valence-corrected chi connectivity index (χ4v) is 3.26. The van der Waals surface area contributed by atoms with Crippen LogP contribution >= 0.6 is 22.7 Å². The summed E-state index contributed by atoms with van der Waals surface area (Å²) in [6, 6.07) is 4.07. The third-order valence-corrected chi connectivity index (χ3v) is 4.31. The number of rotatable bonds is 4. The second-order valence-electron chi connectivity index (χ2n) is 3.41. The van der Waals surface area contributed by atoms with Gasteiger partial charge in [0.25, 0.3) is 0 Å². The predicted octanol–water partition coefficient (Wildman–Crippen LogP) is 2.53. The summed E-state index contributed by atoms with van der Waals surface area (Å²) in [6.45, 7) is 0.369. The molecule has 0 radical (unpaired) electrons. The Kier molecular flexibility index (Phi) is 3.44. The van der Waals surface area contributed by atoms with E-state index in [-0.39, 0.29) is 0 Å². The highest BCUT2D eigenvalue weighted by Gasteiger charge is 2.05. The smallest absolute Gasteiger partial charge is 0.209 e. The topological polar surface area (TPSA) is 46.2 Å². The van der Waals surface area contributed by atoms with Crippen LogP contribution in [0.25, 0.3) is 11.1 Å². The van der Waals surface area contributed by atoms with Crippen molar-refractivity contribution in [3.05, 3.63) is 33.2 Å². The van der Waals surface area contributed by atoms with Gasteiger partial charge in [-0.25, -0.2) is 13.1 Å². The first-order valence-corrected chi connectivity index (χ1v) is 8.30. The van der Waals surface area contributed by atoms with Gasteiger partial charge in [-0.15, -0.1) is 11.3 Å². The molecule has 2 aromatic heterocycles. The van der Waals surface area contributed by atoms with E-state index < -0.39 is 10.0 Å². The first-order chi connectivity index (χ1) is 7.54. The molecule has 16 heavy (non-hydrogen) atoms. The van der Waals surface area contributed by atoms with Gasteiger partial charge < -0.3 is 0 Å². The Morgan fingerprint density at radius 1 is 1.31 bits per heavy atom. The molecule has 0 aliphatic heterocycles. The lowest BCUT2D eigenvalue weighted by Gasteiger charge is -1.97. The monoisotopic (exact) mass is 273 g/mol. The van der Waals surface area contributed by atoms with Gasteiger partial charge in [-0.2, -0.15) is 11.3 Å². The van der Waals surface area contributed by atoms with E-state index in [1.165, 1.54) is 11.8 Å². The minimum Gasteiger partial charge on any atom is -0.213 e. The first-order valence-electron chi connectivity index (χ1n) is 4.59. The van der Waals surface area contributed by atoms with E-state index in [0.717, 1.165) is 10.4 Å². The second-order valence-corrected chi connectivity index (χ2v) is 7.02. The number of sulfonamides is 1. The summed E-state index contributed by atoms with van der Waals surface area (Å²) >= 11 is 3.22. The van der Waals surface area contributed by atoms with Crippen molar-refractivity contribution in [2.24, 2.45) is 0 Å². The van der Waals surface area contributed by atoms with E-state index in [4.69, 9.17) is 0 Å². The molecule has 0 atom stereocenters. The minimum atomic E-state index is -3.11. The summed E-state index contributed by atoms with van der Waals surface area (Å²) in [7, 11) is -3.11. The van der Waals surface area contributed by atoms with Crippen LogP contribution in [0.4, 0.5) is 0 Å². The quantitative estimate of drug-likeness (QED) is 0.930. The van der Waals surface area contributed by atoms with Gasteiger partial charge in [-0.1, -0.05) is 0 Å². The van der Waals surface area contributed by atoms with Crippen molar-refractivity contribution in [1.29, 1.82) is 0 Å². The lowest BCUT2D eigenvalue weighted by atomic mass is 10.2. The molecule has 0 unspecified atom stereocenters. The first kappa shape index (κ1) is 11.8. The number of nitrogens with one attached hydrogen (secondary N) is 1. The third kappa shape index (κ3) is 3.15. The van der Waals surface area contributed by atoms with E-state index >= 15 is 0 Å². The summed E-state index contributed by atoms with van der Waals surface area (Å²) in [6.07, 6.45) is 1.17. The molecule has 0 saturated carbocycles. The van der Waals surface area contributed by atoms with Crippen LogP contribution in [0.2, 0.25) is 0 Å². The maximum Gasteiger partial charge on any atom is 0.209 e. The van der Waals surface area contributed by atoms with Crippen molar-refractivity contribution in [2.75, 3.05) is 6.26 Å². The Morgan fingerprint density at radius 3 is 2.75 bits per heavy atom. The van der Waals surface area contributed by atoms with Crippen LogP contribution in [-0.2, 0) is 16.6 Å². The molecular weight excluding hydrogens is 262 g/mol. The molecule has 0 amide bonds. The van der Waals surface area contributed by atoms with E-state index in [1.807, 2.05) is 16.8 Å². The van der Waals surface area contributed by atoms with Crippen molar-refractivity contribution < 1.29 is 8.42 Å². The molecular formula is C10H11NO2S3. The van der Waals surface area contributed by atoms with Gasteiger partial charge >= 0.3 is 0 Å². The Labute approximate surface area is 103 Å². The maximum absolute atomic E-state index is 10.9. The summed E-state index contributed by atoms with van der Waals surface area (Å²) < 4.78 is 24.4. The van der Waals surface area contributed by atoms with Gasteiger partial charge in [0.05, 0.1) is 6.26 Å². The van der Waals surface area contributed by atoms with Gasteiger partial charge in [0, 0.05) is 11.4 Å². The Balaban J connectivity index is 2.09. The average molecular weight is 273 g/mol. The normalized spacial score (nSPS) is 11.8. The maximum atomic E-state index is 10.9. The Hall–Kier alpha value is -0.690. The van der Waals surface area contributed by atoms with Crippen LogP contribution in [-0.4, -0.2) is 14.7 Å². The highest BCUT2D eigenvalue weighted by atomic mass is 32.2. The molecule has 1 N–H and O–H groups in total. The largest absolute Gasteiger partial charge is 0.213 e. The van der Waals surface area contributed by atoms with E-state index in [1.54, 1.807) is 22.7 Å². The lowest BCUT2D eigenvalue weighted by Crippen LogP contribution is -2.20. The molecule has 6 heteroatoms. The van der Waals surface area contributed by atoms with Crippen LogP contribution in [0.5, 0.6) is 0 Å². The van der Waals surface area contributed by atoms with Crippen LogP contribution < -0.4 is 4.72 Å². The molecule has 2 heterocycles. The fourth-order valence-electron chi connectivity index (χ4n) is 1.26. The second kappa shape index (κ2) is 4.67. The summed E-state index contributed by atoms with van der Waals surface area (Å²) in [5, 5.41) is 6.15. The molecule has 2 rings (SSSR count). The average Bonchev–Trinajstić information content (AvgIpc) is 2.84. The molecule has 0 aliphatic carbocycles. The van der Waals surface area contributed by atoms with Crippen molar-refractivity contribution in [3.63, 3.8) is 0 Å². The molecule has 3 nitrogen and oxygen atoms in total. The van der Waals surface area contributed by atoms with Gasteiger partial charge in [-0.3, -0.25) is 0 Å². The van der Waals surface area contributed by atoms with Gasteiger partial charge in [0.15, 0.2) is 0 Å². The molecule has 2 aromatic rings. The number of hydrogen-bond acceptors (Lipinski definition) is 4. The van der Waals surface area contributed by atoms with Crippen molar-refractivity contribution in [3.8, 4) is 11.1 Å². The predicted molar refractivity (Wildman–Crippen MR) is 69.3 cm³/mol. The summed E-state index contributed by atoms with van der Waals surface area (Å²) in [5.74, 6) is 0. The molecule has 0 aliphatic rings. The molecule has 0 spiro atoms. The third-order valence-electron chi connectivity index (χ3n) is 2.02. The van der Waals surface area contributed by atoms with Crippen molar-refractivity contribution in [1.82, 2.24) is 4.72 Å². The van der Waals surface area contributed by atoms with Crippen LogP contribution in [0.3, 0.4) is 0 Å². The molecule has 0 aromatic carbocycles. The van der Waals surface area contributed by atoms with Crippen molar-refractivity contribution in [2.45, 2.75) is 6.54 Å². The van der Waals surface area contributed by atoms with Crippen LogP contribution in [0.1, 0.15) is 4.88 Å². The van der Waals surface area contributed by atoms with Crippen LogP contribution in [0, 0.1) is 0 Å². The minimum absolute atomic E-state index is 0.369. The Morgan fingerprint density at radius 2 is 2.12 bits per heavy atom. The summed E-state index contributed by atoms with van der Waals surface area (Å²) in [4.78, 5) is 1.02. The van der Waals surface area contributed by atoms with Crippen molar-refractivity contribution >= 4 is 32.7 Å². The molecule has 0 bridgehead atoms. The Bertz CT molecular complexity index is 555. The standard InChI is InChI=1S/C10H11NO2S3/c1-16(12,13)11-5-10-4-9(7-15-10)8-2-3-14-6-8/h2-4,6-7,11H,5H2,1H3. The number of thiophene rings is 2. The van der Waals surface area contributed by atoms with E-state index in [2.05, 4.69) is 16.2 Å². The van der Waals surface area contributed by atoms with Gasteiger partial charge in [-0.05, 0) is 39.4 Å². The van der Waals surface area contributed by atoms with Gasteiger partial charge in [0.1, 0.15) is 0 Å². The highest BCUT2D eigenvalue weighted by molar-refractivity contribution is 7.88. The molecule has 0 fully saturated rings. The van der Waals surface area contributed by atoms with Gasteiger partial charge in [0.2, 0.25) is 10.0 Å². The number of hydrogen-bond donors (Lipinski definition) is 1. The zero-order valence-electron chi connectivity index (χ0n) is 8.64. The van der Waals surface area contributed by atoms with E-state index in [9.17, 15) is 8.42 Å². The highest BCUT2D eigenvalue weighted by Crippen LogP contribution is 2.27. The zero-order chi connectivity index (χ0) is 11.6. The zero-order valence-corrected chi connectivity index (χ0v) is 11.1. The fraction of sp³-hybridized carbons (Fsp3) is 0.200.